The standard InChI is InChI=1S/C16H22N2S/c1-3-9-17-15(10-14-7-5-4-6-8-14)11-16-12-19-13(2)18-16/h4-8,12,15,17H,3,9-11H2,1-2H3. The topological polar surface area (TPSA) is 24.9 Å². The maximum absolute atomic E-state index is 4.58. The van der Waals surface area contributed by atoms with E-state index in [2.05, 4.69) is 59.9 Å². The Morgan fingerprint density at radius 2 is 2.00 bits per heavy atom. The summed E-state index contributed by atoms with van der Waals surface area (Å²) in [5.74, 6) is 0. The van der Waals surface area contributed by atoms with E-state index in [4.69, 9.17) is 0 Å². The van der Waals surface area contributed by atoms with Crippen LogP contribution in [-0.2, 0) is 12.8 Å². The minimum absolute atomic E-state index is 0.476. The summed E-state index contributed by atoms with van der Waals surface area (Å²) in [7, 11) is 0. The first-order valence-corrected chi connectivity index (χ1v) is 7.84. The highest BCUT2D eigenvalue weighted by Gasteiger charge is 2.11. The van der Waals surface area contributed by atoms with Gasteiger partial charge < -0.3 is 5.32 Å². The maximum Gasteiger partial charge on any atom is 0.0897 e. The van der Waals surface area contributed by atoms with Gasteiger partial charge in [0.05, 0.1) is 10.7 Å². The Bertz CT molecular complexity index is 479. The highest BCUT2D eigenvalue weighted by atomic mass is 32.1. The zero-order valence-electron chi connectivity index (χ0n) is 11.7. The molecule has 1 aromatic carbocycles. The zero-order chi connectivity index (χ0) is 13.5. The van der Waals surface area contributed by atoms with Crippen molar-refractivity contribution in [2.45, 2.75) is 39.2 Å². The molecule has 1 unspecified atom stereocenters. The van der Waals surface area contributed by atoms with Crippen LogP contribution in [0.2, 0.25) is 0 Å². The number of aryl methyl sites for hydroxylation is 1. The van der Waals surface area contributed by atoms with Crippen molar-refractivity contribution in [1.29, 1.82) is 0 Å². The molecule has 0 bridgehead atoms. The van der Waals surface area contributed by atoms with E-state index in [1.807, 2.05) is 0 Å². The van der Waals surface area contributed by atoms with E-state index in [0.29, 0.717) is 6.04 Å². The van der Waals surface area contributed by atoms with Crippen LogP contribution in [0.25, 0.3) is 0 Å². The van der Waals surface area contributed by atoms with Gasteiger partial charge in [-0.1, -0.05) is 37.3 Å². The normalized spacial score (nSPS) is 12.5. The van der Waals surface area contributed by atoms with E-state index in [1.54, 1.807) is 11.3 Å². The second-order valence-electron chi connectivity index (χ2n) is 4.90. The van der Waals surface area contributed by atoms with E-state index in [1.165, 1.54) is 17.7 Å². The minimum atomic E-state index is 0.476. The highest BCUT2D eigenvalue weighted by molar-refractivity contribution is 7.09. The minimum Gasteiger partial charge on any atom is -0.313 e. The van der Waals surface area contributed by atoms with Gasteiger partial charge in [0.15, 0.2) is 0 Å². The molecule has 1 N–H and O–H groups in total. The van der Waals surface area contributed by atoms with Crippen molar-refractivity contribution >= 4 is 11.3 Å². The van der Waals surface area contributed by atoms with Crippen molar-refractivity contribution in [3.63, 3.8) is 0 Å². The van der Waals surface area contributed by atoms with E-state index in [0.717, 1.165) is 24.4 Å². The average Bonchev–Trinajstić information content (AvgIpc) is 2.82. The Labute approximate surface area is 119 Å². The Hall–Kier alpha value is -1.19. The Morgan fingerprint density at radius 3 is 2.63 bits per heavy atom. The van der Waals surface area contributed by atoms with Gasteiger partial charge in [-0.25, -0.2) is 4.98 Å². The predicted octanol–water partition coefficient (Wildman–Crippen LogP) is 3.60. The van der Waals surface area contributed by atoms with Gasteiger partial charge in [-0.05, 0) is 31.9 Å². The second kappa shape index (κ2) is 7.41. The van der Waals surface area contributed by atoms with Crippen LogP contribution in [0.5, 0.6) is 0 Å². The van der Waals surface area contributed by atoms with Gasteiger partial charge in [-0.15, -0.1) is 11.3 Å². The molecule has 0 saturated heterocycles. The van der Waals surface area contributed by atoms with Gasteiger partial charge in [0, 0.05) is 17.8 Å². The predicted molar refractivity (Wildman–Crippen MR) is 82.8 cm³/mol. The monoisotopic (exact) mass is 274 g/mol. The second-order valence-corrected chi connectivity index (χ2v) is 5.96. The van der Waals surface area contributed by atoms with Crippen LogP contribution in [0.3, 0.4) is 0 Å². The van der Waals surface area contributed by atoms with Gasteiger partial charge in [-0.3, -0.25) is 0 Å². The summed E-state index contributed by atoms with van der Waals surface area (Å²) in [4.78, 5) is 4.58. The van der Waals surface area contributed by atoms with E-state index < -0.39 is 0 Å². The molecular weight excluding hydrogens is 252 g/mol. The molecule has 0 saturated carbocycles. The molecule has 1 atom stereocenters. The first-order valence-electron chi connectivity index (χ1n) is 6.96. The number of benzene rings is 1. The molecule has 0 aliphatic rings. The Morgan fingerprint density at radius 1 is 1.21 bits per heavy atom. The van der Waals surface area contributed by atoms with Crippen LogP contribution in [0, 0.1) is 6.92 Å². The number of nitrogens with one attached hydrogen (secondary N) is 1. The quantitative estimate of drug-likeness (QED) is 0.834. The van der Waals surface area contributed by atoms with Gasteiger partial charge in [0.1, 0.15) is 0 Å². The van der Waals surface area contributed by atoms with Gasteiger partial charge in [-0.2, -0.15) is 0 Å². The summed E-state index contributed by atoms with van der Waals surface area (Å²) in [6.45, 7) is 5.35. The van der Waals surface area contributed by atoms with Crippen LogP contribution >= 0.6 is 11.3 Å². The fourth-order valence-corrected chi connectivity index (χ4v) is 2.84. The van der Waals surface area contributed by atoms with Crippen molar-refractivity contribution in [1.82, 2.24) is 10.3 Å². The number of thiazole rings is 1. The zero-order valence-corrected chi connectivity index (χ0v) is 12.5. The lowest BCUT2D eigenvalue weighted by atomic mass is 10.0. The first kappa shape index (κ1) is 14.2. The fourth-order valence-electron chi connectivity index (χ4n) is 2.22. The molecule has 2 nitrogen and oxygen atoms in total. The smallest absolute Gasteiger partial charge is 0.0897 e. The summed E-state index contributed by atoms with van der Waals surface area (Å²) >= 11 is 1.74. The number of hydrogen-bond acceptors (Lipinski definition) is 3. The Kier molecular flexibility index (Phi) is 5.55. The number of nitrogens with zero attached hydrogens (tertiary/aromatic N) is 1. The molecule has 3 heteroatoms. The summed E-state index contributed by atoms with van der Waals surface area (Å²) < 4.78 is 0. The summed E-state index contributed by atoms with van der Waals surface area (Å²) in [5, 5.41) is 6.98. The fraction of sp³-hybridized carbons (Fsp3) is 0.438. The third-order valence-corrected chi connectivity index (χ3v) is 3.95. The van der Waals surface area contributed by atoms with Crippen LogP contribution in [0.4, 0.5) is 0 Å². The third kappa shape index (κ3) is 4.77. The number of rotatable bonds is 7. The molecule has 0 aliphatic carbocycles. The molecule has 2 aromatic rings. The van der Waals surface area contributed by atoms with Crippen LogP contribution in [-0.4, -0.2) is 17.6 Å². The molecular formula is C16H22N2S. The van der Waals surface area contributed by atoms with Crippen LogP contribution < -0.4 is 5.32 Å². The number of aromatic nitrogens is 1. The van der Waals surface area contributed by atoms with Gasteiger partial charge in [0.25, 0.3) is 0 Å². The van der Waals surface area contributed by atoms with Gasteiger partial charge >= 0.3 is 0 Å². The SMILES string of the molecule is CCCNC(Cc1ccccc1)Cc1csc(C)n1. The van der Waals surface area contributed by atoms with Crippen LogP contribution in [0.15, 0.2) is 35.7 Å². The molecule has 1 aromatic heterocycles. The molecule has 0 fully saturated rings. The van der Waals surface area contributed by atoms with Crippen molar-refractivity contribution in [3.8, 4) is 0 Å². The Balaban J connectivity index is 1.99. The molecule has 102 valence electrons. The lowest BCUT2D eigenvalue weighted by Gasteiger charge is -2.17. The average molecular weight is 274 g/mol. The third-order valence-electron chi connectivity index (χ3n) is 3.13. The summed E-state index contributed by atoms with van der Waals surface area (Å²) in [6, 6.07) is 11.2. The van der Waals surface area contributed by atoms with Crippen molar-refractivity contribution in [3.05, 3.63) is 52.0 Å². The van der Waals surface area contributed by atoms with Crippen molar-refractivity contribution in [2.75, 3.05) is 6.54 Å². The molecule has 19 heavy (non-hydrogen) atoms. The van der Waals surface area contributed by atoms with E-state index in [-0.39, 0.29) is 0 Å². The molecule has 0 radical (unpaired) electrons. The molecule has 0 spiro atoms. The molecule has 2 rings (SSSR count). The van der Waals surface area contributed by atoms with E-state index >= 15 is 0 Å². The largest absolute Gasteiger partial charge is 0.313 e. The van der Waals surface area contributed by atoms with E-state index in [9.17, 15) is 0 Å². The van der Waals surface area contributed by atoms with Gasteiger partial charge in [0.2, 0.25) is 0 Å². The lowest BCUT2D eigenvalue weighted by molar-refractivity contribution is 0.501. The first-order chi connectivity index (χ1) is 9.28. The van der Waals surface area contributed by atoms with Crippen molar-refractivity contribution < 1.29 is 0 Å². The summed E-state index contributed by atoms with van der Waals surface area (Å²) in [6.07, 6.45) is 3.25. The van der Waals surface area contributed by atoms with Crippen molar-refractivity contribution in [2.24, 2.45) is 0 Å². The van der Waals surface area contributed by atoms with Crippen LogP contribution in [0.1, 0.15) is 29.6 Å². The molecule has 1 heterocycles. The highest BCUT2D eigenvalue weighted by Crippen LogP contribution is 2.12. The summed E-state index contributed by atoms with van der Waals surface area (Å²) in [5.41, 5.74) is 2.61. The maximum atomic E-state index is 4.58. The lowest BCUT2D eigenvalue weighted by Crippen LogP contribution is -2.33. The molecule has 0 aliphatic heterocycles. The molecule has 0 amide bonds. The number of hydrogen-bond donors (Lipinski definition) is 1.